The number of likely N-dealkylation sites (tertiary alicyclic amines) is 1. The maximum atomic E-state index is 4.53. The largest absolute Gasteiger partial charge is 0.364 e. The summed E-state index contributed by atoms with van der Waals surface area (Å²) >= 11 is 3.35. The van der Waals surface area contributed by atoms with Crippen molar-refractivity contribution in [3.8, 4) is 0 Å². The molecule has 3 heterocycles. The molecule has 1 atom stereocenters. The lowest BCUT2D eigenvalue weighted by Crippen LogP contribution is -2.35. The van der Waals surface area contributed by atoms with E-state index in [2.05, 4.69) is 62.2 Å². The molecule has 1 N–H and O–H groups in total. The van der Waals surface area contributed by atoms with Crippen LogP contribution in [-0.4, -0.2) is 50.4 Å². The van der Waals surface area contributed by atoms with Crippen molar-refractivity contribution in [2.75, 3.05) is 25.0 Å². The summed E-state index contributed by atoms with van der Waals surface area (Å²) in [7, 11) is 0. The van der Waals surface area contributed by atoms with Gasteiger partial charge in [0.2, 0.25) is 4.73 Å². The highest BCUT2D eigenvalue weighted by Gasteiger charge is 2.38. The number of fused-ring (bicyclic) bond motifs is 1. The molecule has 6 nitrogen and oxygen atoms in total. The molecule has 1 fully saturated rings. The van der Waals surface area contributed by atoms with Gasteiger partial charge in [-0.25, -0.2) is 0 Å². The maximum absolute atomic E-state index is 4.53. The van der Waals surface area contributed by atoms with Crippen molar-refractivity contribution in [2.24, 2.45) is 5.41 Å². The molecule has 2 aromatic heterocycles. The van der Waals surface area contributed by atoms with Gasteiger partial charge in [0, 0.05) is 19.1 Å². The Morgan fingerprint density at radius 3 is 2.90 bits per heavy atom. The Balaban J connectivity index is 1.84. The van der Waals surface area contributed by atoms with Crippen LogP contribution in [0.4, 0.5) is 5.82 Å². The summed E-state index contributed by atoms with van der Waals surface area (Å²) in [6, 6.07) is 4.27. The van der Waals surface area contributed by atoms with E-state index in [1.807, 2.05) is 12.1 Å². The van der Waals surface area contributed by atoms with Crippen LogP contribution in [0.2, 0.25) is 0 Å². The summed E-state index contributed by atoms with van der Waals surface area (Å²) in [5.74, 6) is 0.856. The van der Waals surface area contributed by atoms with E-state index in [1.54, 1.807) is 4.52 Å². The molecule has 7 heteroatoms. The normalized spacial score (nSPS) is 22.5. The highest BCUT2D eigenvalue weighted by atomic mass is 79.9. The van der Waals surface area contributed by atoms with Gasteiger partial charge in [-0.05, 0) is 40.0 Å². The fraction of sp³-hybridized carbons (Fsp3) is 0.615. The maximum Gasteiger partial charge on any atom is 0.221 e. The first-order chi connectivity index (χ1) is 9.49. The van der Waals surface area contributed by atoms with E-state index in [9.17, 15) is 0 Å². The number of anilines is 1. The van der Waals surface area contributed by atoms with Gasteiger partial charge in [-0.3, -0.25) is 0 Å². The Morgan fingerprint density at radius 2 is 2.20 bits per heavy atom. The number of nitrogens with zero attached hydrogens (tertiary/aromatic N) is 5. The van der Waals surface area contributed by atoms with Crippen molar-refractivity contribution in [3.05, 3.63) is 16.9 Å². The molecule has 108 valence electrons. The van der Waals surface area contributed by atoms with Gasteiger partial charge in [0.15, 0.2) is 5.65 Å². The van der Waals surface area contributed by atoms with Crippen LogP contribution in [-0.2, 0) is 0 Å². The molecule has 0 radical (unpaired) electrons. The molecule has 0 amide bonds. The average Bonchev–Trinajstić information content (AvgIpc) is 2.91. The van der Waals surface area contributed by atoms with Crippen molar-refractivity contribution in [3.63, 3.8) is 0 Å². The Hall–Kier alpha value is -1.21. The van der Waals surface area contributed by atoms with Crippen molar-refractivity contribution >= 4 is 27.4 Å². The topological polar surface area (TPSA) is 58.3 Å². The Bertz CT molecular complexity index is 622. The van der Waals surface area contributed by atoms with Crippen LogP contribution < -0.4 is 5.32 Å². The Morgan fingerprint density at radius 1 is 1.40 bits per heavy atom. The van der Waals surface area contributed by atoms with E-state index >= 15 is 0 Å². The molecule has 20 heavy (non-hydrogen) atoms. The highest BCUT2D eigenvalue weighted by Crippen LogP contribution is 2.31. The first-order valence-corrected chi connectivity index (χ1v) is 7.66. The second kappa shape index (κ2) is 4.96. The van der Waals surface area contributed by atoms with Gasteiger partial charge in [-0.1, -0.05) is 20.8 Å². The summed E-state index contributed by atoms with van der Waals surface area (Å²) in [5.41, 5.74) is 0.972. The first kappa shape index (κ1) is 13.8. The highest BCUT2D eigenvalue weighted by molar-refractivity contribution is 9.10. The molecule has 0 bridgehead atoms. The lowest BCUT2D eigenvalue weighted by molar-refractivity contribution is 0.300. The molecule has 0 spiro atoms. The van der Waals surface area contributed by atoms with E-state index in [1.165, 1.54) is 0 Å². The molecule has 0 aliphatic carbocycles. The predicted molar refractivity (Wildman–Crippen MR) is 81.8 cm³/mol. The number of nitrogens with one attached hydrogen (secondary N) is 1. The molecule has 3 rings (SSSR count). The standard InChI is InChI=1S/C13H19BrN6/c1-4-19-7-9(13(2,3)8-19)15-10-5-6-11-16-17-12(14)20(11)18-10/h5-6,9H,4,7-8H2,1-3H3,(H,15,18). The zero-order valence-corrected chi connectivity index (χ0v) is 13.6. The SMILES string of the molecule is CCN1CC(Nc2ccc3nnc(Br)n3n2)C(C)(C)C1. The minimum Gasteiger partial charge on any atom is -0.364 e. The van der Waals surface area contributed by atoms with Crippen molar-refractivity contribution in [2.45, 2.75) is 26.8 Å². The van der Waals surface area contributed by atoms with Crippen molar-refractivity contribution in [1.29, 1.82) is 0 Å². The third-order valence-corrected chi connectivity index (χ3v) is 4.50. The lowest BCUT2D eigenvalue weighted by Gasteiger charge is -2.26. The monoisotopic (exact) mass is 338 g/mol. The smallest absolute Gasteiger partial charge is 0.221 e. The number of likely N-dealkylation sites (N-methyl/N-ethyl adjacent to an activating group) is 1. The molecule has 1 saturated heterocycles. The molecular formula is C13H19BrN6. The number of aromatic nitrogens is 4. The molecule has 1 unspecified atom stereocenters. The number of hydrogen-bond donors (Lipinski definition) is 1. The van der Waals surface area contributed by atoms with E-state index in [0.717, 1.165) is 31.1 Å². The fourth-order valence-corrected chi connectivity index (χ4v) is 3.10. The number of halogens is 1. The fourth-order valence-electron chi connectivity index (χ4n) is 2.76. The van der Waals surface area contributed by atoms with Crippen LogP contribution in [0.3, 0.4) is 0 Å². The van der Waals surface area contributed by atoms with Crippen LogP contribution in [0, 0.1) is 5.41 Å². The van der Waals surface area contributed by atoms with Gasteiger partial charge in [0.1, 0.15) is 5.82 Å². The van der Waals surface area contributed by atoms with Crippen LogP contribution in [0.5, 0.6) is 0 Å². The van der Waals surface area contributed by atoms with Crippen molar-refractivity contribution < 1.29 is 0 Å². The number of rotatable bonds is 3. The first-order valence-electron chi connectivity index (χ1n) is 6.86. The van der Waals surface area contributed by atoms with Gasteiger partial charge in [0.05, 0.1) is 0 Å². The second-order valence-electron chi connectivity index (χ2n) is 5.97. The molecule has 0 aromatic carbocycles. The minimum absolute atomic E-state index is 0.233. The van der Waals surface area contributed by atoms with Crippen LogP contribution >= 0.6 is 15.9 Å². The van der Waals surface area contributed by atoms with Crippen LogP contribution in [0.15, 0.2) is 16.9 Å². The van der Waals surface area contributed by atoms with E-state index < -0.39 is 0 Å². The van der Waals surface area contributed by atoms with Gasteiger partial charge >= 0.3 is 0 Å². The van der Waals surface area contributed by atoms with E-state index in [-0.39, 0.29) is 5.41 Å². The third-order valence-electron chi connectivity index (χ3n) is 4.01. The quantitative estimate of drug-likeness (QED) is 0.927. The molecule has 1 aliphatic rings. The third kappa shape index (κ3) is 2.40. The van der Waals surface area contributed by atoms with Crippen molar-refractivity contribution in [1.82, 2.24) is 24.7 Å². The molecule has 1 aliphatic heterocycles. The summed E-state index contributed by atoms with van der Waals surface area (Å²) in [4.78, 5) is 2.46. The summed E-state index contributed by atoms with van der Waals surface area (Å²) in [6.45, 7) is 10.1. The summed E-state index contributed by atoms with van der Waals surface area (Å²) < 4.78 is 2.32. The summed E-state index contributed by atoms with van der Waals surface area (Å²) in [5, 5.41) is 16.1. The van der Waals surface area contributed by atoms with Gasteiger partial charge < -0.3 is 10.2 Å². The predicted octanol–water partition coefficient (Wildman–Crippen LogP) is 2.03. The molecule has 2 aromatic rings. The molecular weight excluding hydrogens is 320 g/mol. The zero-order chi connectivity index (χ0) is 14.3. The number of hydrogen-bond acceptors (Lipinski definition) is 5. The van der Waals surface area contributed by atoms with Crippen LogP contribution in [0.1, 0.15) is 20.8 Å². The Labute approximate surface area is 126 Å². The zero-order valence-electron chi connectivity index (χ0n) is 12.0. The van der Waals surface area contributed by atoms with Crippen LogP contribution in [0.25, 0.3) is 5.65 Å². The van der Waals surface area contributed by atoms with E-state index in [4.69, 9.17) is 0 Å². The average molecular weight is 339 g/mol. The Kier molecular flexibility index (Phi) is 3.41. The summed E-state index contributed by atoms with van der Waals surface area (Å²) in [6.07, 6.45) is 0. The van der Waals surface area contributed by atoms with Gasteiger partial charge in [-0.2, -0.15) is 4.52 Å². The lowest BCUT2D eigenvalue weighted by atomic mass is 9.88. The second-order valence-corrected chi connectivity index (χ2v) is 6.68. The minimum atomic E-state index is 0.233. The van der Waals surface area contributed by atoms with E-state index in [0.29, 0.717) is 10.8 Å². The van der Waals surface area contributed by atoms with Gasteiger partial charge in [-0.15, -0.1) is 15.3 Å². The molecule has 0 saturated carbocycles. The van der Waals surface area contributed by atoms with Gasteiger partial charge in [0.25, 0.3) is 0 Å².